The minimum atomic E-state index is -3.87. The van der Waals surface area contributed by atoms with Gasteiger partial charge in [-0.05, 0) is 31.5 Å². The number of hydrogen-bond donors (Lipinski definition) is 2. The van der Waals surface area contributed by atoms with Crippen molar-refractivity contribution in [1.82, 2.24) is 8.96 Å². The standard InChI is InChI=1S/C22H24N4O6S/c1-14(32-15(2)27)22(28)25-19-12-23-21-18(20(19)24-16-9-11-31-13-16)8-10-26(21)33(29,30)17-6-4-3-5-7-17/h3-8,10,12,14,16H,9,11,13H2,1-2H3,(H,23,24)(H,25,28)/t14?,16-/m1/s1. The van der Waals surface area contributed by atoms with Gasteiger partial charge in [-0.15, -0.1) is 0 Å². The fraction of sp³-hybridized carbons (Fsp3) is 0.318. The van der Waals surface area contributed by atoms with E-state index in [4.69, 9.17) is 9.47 Å². The third kappa shape index (κ3) is 4.69. The predicted octanol–water partition coefficient (Wildman–Crippen LogP) is 2.36. The molecule has 0 radical (unpaired) electrons. The predicted molar refractivity (Wildman–Crippen MR) is 121 cm³/mol. The van der Waals surface area contributed by atoms with Crippen molar-refractivity contribution in [2.45, 2.75) is 37.3 Å². The molecule has 0 aliphatic carbocycles. The number of fused-ring (bicyclic) bond motifs is 1. The molecular formula is C22H24N4O6S. The van der Waals surface area contributed by atoms with Gasteiger partial charge < -0.3 is 20.1 Å². The van der Waals surface area contributed by atoms with Gasteiger partial charge in [-0.2, -0.15) is 0 Å². The second kappa shape index (κ2) is 9.20. The van der Waals surface area contributed by atoms with Crippen LogP contribution in [0.4, 0.5) is 11.4 Å². The van der Waals surface area contributed by atoms with E-state index in [-0.39, 0.29) is 16.6 Å². The fourth-order valence-corrected chi connectivity index (χ4v) is 4.93. The van der Waals surface area contributed by atoms with E-state index in [9.17, 15) is 18.0 Å². The van der Waals surface area contributed by atoms with Crippen molar-refractivity contribution in [2.24, 2.45) is 0 Å². The van der Waals surface area contributed by atoms with Gasteiger partial charge in [0.2, 0.25) is 0 Å². The van der Waals surface area contributed by atoms with Crippen molar-refractivity contribution in [3.63, 3.8) is 0 Å². The molecule has 3 aromatic rings. The number of carbonyl (C=O) groups excluding carboxylic acids is 2. The minimum Gasteiger partial charge on any atom is -0.453 e. The number of pyridine rings is 1. The quantitative estimate of drug-likeness (QED) is 0.502. The summed E-state index contributed by atoms with van der Waals surface area (Å²) in [6.45, 7) is 3.76. The topological polar surface area (TPSA) is 129 Å². The summed E-state index contributed by atoms with van der Waals surface area (Å²) < 4.78 is 37.9. The maximum Gasteiger partial charge on any atom is 0.303 e. The lowest BCUT2D eigenvalue weighted by atomic mass is 10.2. The van der Waals surface area contributed by atoms with Crippen LogP contribution in [0.5, 0.6) is 0 Å². The van der Waals surface area contributed by atoms with Crippen LogP contribution in [0.2, 0.25) is 0 Å². The lowest BCUT2D eigenvalue weighted by Gasteiger charge is -2.19. The number of aromatic nitrogens is 2. The summed E-state index contributed by atoms with van der Waals surface area (Å²) in [5, 5.41) is 6.58. The average molecular weight is 473 g/mol. The number of ether oxygens (including phenoxy) is 2. The molecule has 1 aromatic carbocycles. The lowest BCUT2D eigenvalue weighted by molar-refractivity contribution is -0.150. The molecule has 3 heterocycles. The number of benzene rings is 1. The average Bonchev–Trinajstić information content (AvgIpc) is 3.45. The summed E-state index contributed by atoms with van der Waals surface area (Å²) in [5.74, 6) is -1.11. The smallest absolute Gasteiger partial charge is 0.303 e. The maximum absolute atomic E-state index is 13.2. The van der Waals surface area contributed by atoms with E-state index in [1.54, 1.807) is 24.3 Å². The zero-order chi connectivity index (χ0) is 23.6. The Morgan fingerprint density at radius 1 is 1.24 bits per heavy atom. The van der Waals surface area contributed by atoms with Crippen molar-refractivity contribution in [3.8, 4) is 0 Å². The Balaban J connectivity index is 1.76. The van der Waals surface area contributed by atoms with Crippen molar-refractivity contribution in [3.05, 3.63) is 48.8 Å². The largest absolute Gasteiger partial charge is 0.453 e. The second-order valence-electron chi connectivity index (χ2n) is 7.66. The van der Waals surface area contributed by atoms with Gasteiger partial charge in [0.15, 0.2) is 11.8 Å². The molecule has 2 N–H and O–H groups in total. The molecule has 0 bridgehead atoms. The first-order chi connectivity index (χ1) is 15.8. The Morgan fingerprint density at radius 2 is 2.00 bits per heavy atom. The third-order valence-electron chi connectivity index (χ3n) is 5.23. The molecule has 1 fully saturated rings. The Bertz CT molecular complexity index is 1280. The van der Waals surface area contributed by atoms with Crippen LogP contribution in [-0.2, 0) is 29.1 Å². The Kier molecular flexibility index (Phi) is 6.34. The number of esters is 1. The highest BCUT2D eigenvalue weighted by molar-refractivity contribution is 7.90. The summed E-state index contributed by atoms with van der Waals surface area (Å²) in [6, 6.07) is 9.68. The zero-order valence-electron chi connectivity index (χ0n) is 18.1. The Morgan fingerprint density at radius 3 is 2.67 bits per heavy atom. The molecule has 174 valence electrons. The van der Waals surface area contributed by atoms with E-state index in [0.29, 0.717) is 30.0 Å². The molecule has 4 rings (SSSR count). The molecule has 10 nitrogen and oxygen atoms in total. The number of nitrogens with zero attached hydrogens (tertiary/aromatic N) is 2. The summed E-state index contributed by atoms with van der Waals surface area (Å²) >= 11 is 0. The lowest BCUT2D eigenvalue weighted by Crippen LogP contribution is -2.30. The van der Waals surface area contributed by atoms with Crippen molar-refractivity contribution in [1.29, 1.82) is 0 Å². The van der Waals surface area contributed by atoms with Gasteiger partial charge in [0.1, 0.15) is 0 Å². The summed E-state index contributed by atoms with van der Waals surface area (Å²) in [7, 11) is -3.87. The highest BCUT2D eigenvalue weighted by Crippen LogP contribution is 2.34. The molecule has 1 amide bonds. The van der Waals surface area contributed by atoms with Crippen LogP contribution in [0.15, 0.2) is 53.7 Å². The van der Waals surface area contributed by atoms with E-state index < -0.39 is 28.0 Å². The number of hydrogen-bond acceptors (Lipinski definition) is 8. The number of rotatable bonds is 7. The van der Waals surface area contributed by atoms with Crippen LogP contribution in [0.3, 0.4) is 0 Å². The molecule has 1 unspecified atom stereocenters. The molecule has 1 aliphatic rings. The summed E-state index contributed by atoms with van der Waals surface area (Å²) in [4.78, 5) is 28.2. The van der Waals surface area contributed by atoms with E-state index >= 15 is 0 Å². The highest BCUT2D eigenvalue weighted by atomic mass is 32.2. The number of amides is 1. The van der Waals surface area contributed by atoms with Crippen LogP contribution in [0.1, 0.15) is 20.3 Å². The number of anilines is 2. The van der Waals surface area contributed by atoms with E-state index in [1.807, 2.05) is 0 Å². The Hall–Kier alpha value is -3.44. The summed E-state index contributed by atoms with van der Waals surface area (Å²) in [6.07, 6.45) is 2.56. The van der Waals surface area contributed by atoms with Gasteiger partial charge in [0.05, 0.1) is 35.1 Å². The molecule has 1 aliphatic heterocycles. The van der Waals surface area contributed by atoms with Gasteiger partial charge in [0.25, 0.3) is 15.9 Å². The van der Waals surface area contributed by atoms with Crippen LogP contribution in [0, 0.1) is 0 Å². The van der Waals surface area contributed by atoms with Gasteiger partial charge in [-0.1, -0.05) is 18.2 Å². The first-order valence-electron chi connectivity index (χ1n) is 10.4. The normalized spacial score (nSPS) is 17.0. The van der Waals surface area contributed by atoms with Crippen LogP contribution < -0.4 is 10.6 Å². The second-order valence-corrected chi connectivity index (χ2v) is 9.47. The van der Waals surface area contributed by atoms with Gasteiger partial charge in [-0.25, -0.2) is 17.4 Å². The van der Waals surface area contributed by atoms with Crippen molar-refractivity contribution >= 4 is 44.3 Å². The number of nitrogens with one attached hydrogen (secondary N) is 2. The third-order valence-corrected chi connectivity index (χ3v) is 6.91. The van der Waals surface area contributed by atoms with Crippen LogP contribution in [-0.4, -0.2) is 54.6 Å². The number of carbonyl (C=O) groups is 2. The van der Waals surface area contributed by atoms with Gasteiger partial charge in [0, 0.05) is 25.1 Å². The van der Waals surface area contributed by atoms with Crippen LogP contribution >= 0.6 is 0 Å². The molecule has 11 heteroatoms. The van der Waals surface area contributed by atoms with Gasteiger partial charge in [-0.3, -0.25) is 9.59 Å². The first kappa shape index (κ1) is 22.7. The summed E-state index contributed by atoms with van der Waals surface area (Å²) in [5.41, 5.74) is 1.07. The van der Waals surface area contributed by atoms with Gasteiger partial charge >= 0.3 is 5.97 Å². The molecule has 33 heavy (non-hydrogen) atoms. The molecule has 0 spiro atoms. The molecule has 2 aromatic heterocycles. The van der Waals surface area contributed by atoms with E-state index in [2.05, 4.69) is 15.6 Å². The van der Waals surface area contributed by atoms with E-state index in [0.717, 1.165) is 10.4 Å². The minimum absolute atomic E-state index is 0.0220. The Labute approximate surface area is 190 Å². The highest BCUT2D eigenvalue weighted by Gasteiger charge is 2.25. The van der Waals surface area contributed by atoms with E-state index in [1.165, 1.54) is 38.4 Å². The zero-order valence-corrected chi connectivity index (χ0v) is 19.0. The molecule has 0 saturated carbocycles. The monoisotopic (exact) mass is 472 g/mol. The first-order valence-corrected chi connectivity index (χ1v) is 11.8. The fourth-order valence-electron chi connectivity index (χ4n) is 3.60. The molecule has 2 atom stereocenters. The SMILES string of the molecule is CC(=O)OC(C)C(=O)Nc1cnc2c(ccn2S(=O)(=O)c2ccccc2)c1N[C@@H]1CCOC1. The van der Waals surface area contributed by atoms with Crippen molar-refractivity contribution in [2.75, 3.05) is 23.8 Å². The van der Waals surface area contributed by atoms with Crippen molar-refractivity contribution < 1.29 is 27.5 Å². The molecular weight excluding hydrogens is 448 g/mol. The van der Waals surface area contributed by atoms with Crippen LogP contribution in [0.25, 0.3) is 11.0 Å². The molecule has 1 saturated heterocycles. The maximum atomic E-state index is 13.2.